The number of carbonyl (C=O) groups excluding carboxylic acids is 1. The van der Waals surface area contributed by atoms with Gasteiger partial charge in [-0.2, -0.15) is 0 Å². The number of aliphatic hydroxyl groups is 1. The molecule has 0 amide bonds. The number of halogens is 2. The van der Waals surface area contributed by atoms with Crippen LogP contribution in [0, 0.1) is 11.6 Å². The van der Waals surface area contributed by atoms with Gasteiger partial charge in [-0.3, -0.25) is 9.78 Å². The molecule has 0 bridgehead atoms. The van der Waals surface area contributed by atoms with Crippen molar-refractivity contribution < 1.29 is 23.4 Å². The highest BCUT2D eigenvalue weighted by Gasteiger charge is 2.31. The second-order valence-corrected chi connectivity index (χ2v) is 10.7. The molecule has 2 atom stereocenters. The van der Waals surface area contributed by atoms with Crippen LogP contribution >= 0.6 is 11.8 Å². The summed E-state index contributed by atoms with van der Waals surface area (Å²) < 4.78 is 33.9. The van der Waals surface area contributed by atoms with Gasteiger partial charge < -0.3 is 9.84 Å². The SMILES string of the molecule is CC(C)c1ccc(Sc2c(/C=C/[C@@H]3C[C@@H](O)CC(=O)O3)c(C3CC3)nc3cc(F)c(F)cc23)cc1. The number of esters is 1. The first kappa shape index (κ1) is 23.9. The van der Waals surface area contributed by atoms with Gasteiger partial charge in [0.2, 0.25) is 0 Å². The molecule has 0 radical (unpaired) electrons. The number of hydrogen-bond donors (Lipinski definition) is 1. The summed E-state index contributed by atoms with van der Waals surface area (Å²) in [6.45, 7) is 4.27. The zero-order valence-corrected chi connectivity index (χ0v) is 20.4. The van der Waals surface area contributed by atoms with E-state index in [0.717, 1.165) is 40.0 Å². The highest BCUT2D eigenvalue weighted by atomic mass is 32.2. The lowest BCUT2D eigenvalue weighted by Gasteiger charge is -2.23. The fourth-order valence-corrected chi connectivity index (χ4v) is 5.43. The van der Waals surface area contributed by atoms with Crippen LogP contribution in [0.25, 0.3) is 17.0 Å². The average Bonchev–Trinajstić information content (AvgIpc) is 3.64. The molecule has 0 unspecified atom stereocenters. The van der Waals surface area contributed by atoms with E-state index in [0.29, 0.717) is 23.2 Å². The van der Waals surface area contributed by atoms with Gasteiger partial charge in [0, 0.05) is 39.1 Å². The second-order valence-electron chi connectivity index (χ2n) is 9.60. The summed E-state index contributed by atoms with van der Waals surface area (Å²) in [6, 6.07) is 10.6. The normalized spacial score (nSPS) is 20.7. The monoisotopic (exact) mass is 495 g/mol. The van der Waals surface area contributed by atoms with Crippen molar-refractivity contribution in [1.29, 1.82) is 0 Å². The number of carbonyl (C=O) groups is 1. The molecule has 4 nitrogen and oxygen atoms in total. The smallest absolute Gasteiger partial charge is 0.309 e. The third kappa shape index (κ3) is 5.26. The number of benzene rings is 2. The van der Waals surface area contributed by atoms with E-state index in [-0.39, 0.29) is 12.3 Å². The van der Waals surface area contributed by atoms with Gasteiger partial charge >= 0.3 is 5.97 Å². The molecule has 0 spiro atoms. The number of ether oxygens (including phenoxy) is 1. The number of cyclic esters (lactones) is 1. The Kier molecular flexibility index (Phi) is 6.64. The summed E-state index contributed by atoms with van der Waals surface area (Å²) in [7, 11) is 0. The van der Waals surface area contributed by atoms with Crippen molar-refractivity contribution in [1.82, 2.24) is 4.98 Å². The van der Waals surface area contributed by atoms with E-state index in [1.165, 1.54) is 23.4 Å². The summed E-state index contributed by atoms with van der Waals surface area (Å²) in [5.41, 5.74) is 3.30. The Morgan fingerprint density at radius 3 is 2.51 bits per heavy atom. The van der Waals surface area contributed by atoms with Crippen molar-refractivity contribution in [2.75, 3.05) is 0 Å². The molecule has 5 rings (SSSR count). The second kappa shape index (κ2) is 9.70. The highest BCUT2D eigenvalue weighted by molar-refractivity contribution is 7.99. The van der Waals surface area contributed by atoms with E-state index in [9.17, 15) is 18.7 Å². The van der Waals surface area contributed by atoms with E-state index in [1.54, 1.807) is 6.08 Å². The summed E-state index contributed by atoms with van der Waals surface area (Å²) >= 11 is 1.49. The molecule has 1 N–H and O–H groups in total. The number of nitrogens with zero attached hydrogens (tertiary/aromatic N) is 1. The fraction of sp³-hybridized carbons (Fsp3) is 0.357. The van der Waals surface area contributed by atoms with Gasteiger partial charge in [0.1, 0.15) is 6.10 Å². The van der Waals surface area contributed by atoms with Gasteiger partial charge in [-0.1, -0.05) is 43.8 Å². The zero-order valence-electron chi connectivity index (χ0n) is 19.6. The first-order valence-corrected chi connectivity index (χ1v) is 12.8. The van der Waals surface area contributed by atoms with Crippen LogP contribution in [-0.4, -0.2) is 28.3 Å². The molecule has 3 aromatic rings. The largest absolute Gasteiger partial charge is 0.458 e. The van der Waals surface area contributed by atoms with E-state index in [2.05, 4.69) is 26.0 Å². The Balaban J connectivity index is 1.63. The van der Waals surface area contributed by atoms with Crippen molar-refractivity contribution in [3.63, 3.8) is 0 Å². The third-order valence-electron chi connectivity index (χ3n) is 6.44. The predicted molar refractivity (Wildman–Crippen MR) is 132 cm³/mol. The number of fused-ring (bicyclic) bond motifs is 1. The van der Waals surface area contributed by atoms with Crippen molar-refractivity contribution in [2.45, 2.75) is 73.4 Å². The minimum atomic E-state index is -0.922. The van der Waals surface area contributed by atoms with Crippen molar-refractivity contribution >= 4 is 34.7 Å². The molecule has 1 saturated carbocycles. The maximum atomic E-state index is 14.4. The van der Waals surface area contributed by atoms with Crippen LogP contribution in [0.2, 0.25) is 0 Å². The van der Waals surface area contributed by atoms with Crippen LogP contribution in [-0.2, 0) is 9.53 Å². The molecule has 2 aliphatic rings. The van der Waals surface area contributed by atoms with Crippen LogP contribution < -0.4 is 0 Å². The maximum Gasteiger partial charge on any atom is 0.309 e. The zero-order chi connectivity index (χ0) is 24.7. The topological polar surface area (TPSA) is 59.4 Å². The van der Waals surface area contributed by atoms with E-state index in [4.69, 9.17) is 9.72 Å². The Bertz CT molecular complexity index is 1300. The molecule has 2 heterocycles. The summed E-state index contributed by atoms with van der Waals surface area (Å²) in [5.74, 6) is -1.63. The average molecular weight is 496 g/mol. The van der Waals surface area contributed by atoms with Gasteiger partial charge in [0.05, 0.1) is 23.7 Å². The lowest BCUT2D eigenvalue weighted by atomic mass is 10.0. The molecule has 2 fully saturated rings. The first-order chi connectivity index (χ1) is 16.8. The van der Waals surface area contributed by atoms with E-state index >= 15 is 0 Å². The van der Waals surface area contributed by atoms with Crippen LogP contribution in [0.15, 0.2) is 52.3 Å². The molecular weight excluding hydrogens is 468 g/mol. The van der Waals surface area contributed by atoms with Crippen LogP contribution in [0.1, 0.15) is 68.2 Å². The third-order valence-corrected chi connectivity index (χ3v) is 7.59. The fourth-order valence-electron chi connectivity index (χ4n) is 4.37. The predicted octanol–water partition coefficient (Wildman–Crippen LogP) is 6.74. The van der Waals surface area contributed by atoms with Gasteiger partial charge in [-0.25, -0.2) is 8.78 Å². The molecule has 1 aliphatic heterocycles. The molecule has 182 valence electrons. The molecule has 35 heavy (non-hydrogen) atoms. The Morgan fingerprint density at radius 2 is 1.86 bits per heavy atom. The molecule has 7 heteroatoms. The van der Waals surface area contributed by atoms with Crippen molar-refractivity contribution in [3.8, 4) is 0 Å². The van der Waals surface area contributed by atoms with Gasteiger partial charge in [-0.15, -0.1) is 0 Å². The highest BCUT2D eigenvalue weighted by Crippen LogP contribution is 2.46. The van der Waals surface area contributed by atoms with Gasteiger partial charge in [0.25, 0.3) is 0 Å². The maximum absolute atomic E-state index is 14.4. The number of aliphatic hydroxyl groups excluding tert-OH is 1. The Hall–Kier alpha value is -2.77. The van der Waals surface area contributed by atoms with E-state index < -0.39 is 29.8 Å². The number of aromatic nitrogens is 1. The van der Waals surface area contributed by atoms with Gasteiger partial charge in [0.15, 0.2) is 11.6 Å². The van der Waals surface area contributed by atoms with Crippen LogP contribution in [0.5, 0.6) is 0 Å². The lowest BCUT2D eigenvalue weighted by molar-refractivity contribution is -0.156. The van der Waals surface area contributed by atoms with Crippen molar-refractivity contribution in [3.05, 3.63) is 70.9 Å². The van der Waals surface area contributed by atoms with Crippen molar-refractivity contribution in [2.24, 2.45) is 0 Å². The quantitative estimate of drug-likeness (QED) is 0.384. The molecule has 1 aliphatic carbocycles. The lowest BCUT2D eigenvalue weighted by Crippen LogP contribution is -2.31. The van der Waals surface area contributed by atoms with Gasteiger partial charge in [-0.05, 0) is 48.6 Å². The molecule has 1 saturated heterocycles. The number of rotatable bonds is 6. The van der Waals surface area contributed by atoms with E-state index in [1.807, 2.05) is 18.2 Å². The minimum Gasteiger partial charge on any atom is -0.458 e. The summed E-state index contributed by atoms with van der Waals surface area (Å²) in [6.07, 6.45) is 4.61. The first-order valence-electron chi connectivity index (χ1n) is 11.9. The van der Waals surface area contributed by atoms with Crippen LogP contribution in [0.4, 0.5) is 8.78 Å². The summed E-state index contributed by atoms with van der Waals surface area (Å²) in [5, 5.41) is 10.5. The minimum absolute atomic E-state index is 0.00644. The molecular formula is C28H27F2NO3S. The standard InChI is InChI=1S/C28H27F2NO3S/c1-15(2)16-5-8-20(9-6-16)35-28-21(10-7-19-11-18(32)12-26(33)34-19)27(17-3-4-17)31-25-14-24(30)23(29)13-22(25)28/h5-10,13-15,17-19,32H,3-4,11-12H2,1-2H3/b10-7+/t18-,19-/m1/s1. The molecule has 1 aromatic heterocycles. The Labute approximate surface area is 207 Å². The van der Waals surface area contributed by atoms with Crippen LogP contribution in [0.3, 0.4) is 0 Å². The Morgan fingerprint density at radius 1 is 1.14 bits per heavy atom. The summed E-state index contributed by atoms with van der Waals surface area (Å²) in [4.78, 5) is 18.3. The number of pyridine rings is 1. The number of hydrogen-bond acceptors (Lipinski definition) is 5. The molecule has 2 aromatic carbocycles.